The normalized spacial score (nSPS) is 18.4. The molecule has 1 fully saturated rings. The lowest BCUT2D eigenvalue weighted by atomic mass is 9.85. The van der Waals surface area contributed by atoms with Crippen molar-refractivity contribution >= 4 is 21.6 Å². The molecule has 226 valence electrons. The van der Waals surface area contributed by atoms with E-state index >= 15 is 0 Å². The van der Waals surface area contributed by atoms with Gasteiger partial charge in [0.1, 0.15) is 4.90 Å². The van der Waals surface area contributed by atoms with E-state index in [1.54, 1.807) is 25.1 Å². The van der Waals surface area contributed by atoms with Crippen LogP contribution in [0.15, 0.2) is 53.7 Å². The maximum absolute atomic E-state index is 13.8. The summed E-state index contributed by atoms with van der Waals surface area (Å²) in [7, 11) is -4.04. The monoisotopic (exact) mass is 617 g/mol. The maximum atomic E-state index is 13.8. The van der Waals surface area contributed by atoms with Crippen LogP contribution in [-0.2, 0) is 32.3 Å². The number of rotatable bonds is 6. The van der Waals surface area contributed by atoms with Crippen LogP contribution in [0.25, 0.3) is 5.65 Å². The molecule has 0 saturated carbocycles. The van der Waals surface area contributed by atoms with Crippen molar-refractivity contribution in [3.05, 3.63) is 82.4 Å². The summed E-state index contributed by atoms with van der Waals surface area (Å²) in [5, 5.41) is 16.8. The van der Waals surface area contributed by atoms with Gasteiger partial charge in [-0.3, -0.25) is 9.20 Å². The van der Waals surface area contributed by atoms with Gasteiger partial charge in [-0.15, -0.1) is 10.2 Å². The fourth-order valence-corrected chi connectivity index (χ4v) is 7.13. The minimum atomic E-state index is -4.72. The lowest BCUT2D eigenvalue weighted by Crippen LogP contribution is -2.60. The molecule has 2 aliphatic heterocycles. The van der Waals surface area contributed by atoms with Crippen LogP contribution in [0.4, 0.5) is 13.2 Å². The Morgan fingerprint density at radius 3 is 2.60 bits per heavy atom. The first-order valence-corrected chi connectivity index (χ1v) is 14.7. The third-order valence-electron chi connectivity index (χ3n) is 7.86. The maximum Gasteiger partial charge on any atom is 0.452 e. The average molecular weight is 618 g/mol. The van der Waals surface area contributed by atoms with Crippen LogP contribution in [0.2, 0.25) is 0 Å². The number of pyridine rings is 2. The van der Waals surface area contributed by atoms with E-state index in [-0.39, 0.29) is 49.1 Å². The van der Waals surface area contributed by atoms with Gasteiger partial charge in [0.05, 0.1) is 26.2 Å². The number of aromatic nitrogens is 4. The average Bonchev–Trinajstić information content (AvgIpc) is 3.34. The molecule has 1 spiro atoms. The molecule has 0 unspecified atom stereocenters. The Morgan fingerprint density at radius 1 is 1.16 bits per heavy atom. The number of aliphatic carboxylic acids is 1. The molecule has 1 atom stereocenters. The number of benzene rings is 1. The molecule has 0 bridgehead atoms. The molecular formula is C28H26F3N5O6S. The van der Waals surface area contributed by atoms with Crippen LogP contribution >= 0.6 is 0 Å². The topological polar surface area (TPSA) is 136 Å². The van der Waals surface area contributed by atoms with Gasteiger partial charge in [0, 0.05) is 24.9 Å². The third-order valence-corrected chi connectivity index (χ3v) is 9.66. The van der Waals surface area contributed by atoms with Gasteiger partial charge < -0.3 is 14.6 Å². The molecule has 11 nitrogen and oxygen atoms in total. The summed E-state index contributed by atoms with van der Waals surface area (Å²) < 4.78 is 81.4. The van der Waals surface area contributed by atoms with Gasteiger partial charge in [-0.05, 0) is 59.9 Å². The van der Waals surface area contributed by atoms with Gasteiger partial charge in [0.15, 0.2) is 11.2 Å². The lowest BCUT2D eigenvalue weighted by molar-refractivity contribution is -0.166. The Balaban J connectivity index is 1.40. The van der Waals surface area contributed by atoms with Gasteiger partial charge in [0.25, 0.3) is 0 Å². The molecule has 1 N–H and O–H groups in total. The van der Waals surface area contributed by atoms with Crippen molar-refractivity contribution in [1.29, 1.82) is 0 Å². The zero-order valence-corrected chi connectivity index (χ0v) is 23.8. The summed E-state index contributed by atoms with van der Waals surface area (Å²) in [4.78, 5) is 16.1. The second-order valence-electron chi connectivity index (χ2n) is 10.8. The summed E-state index contributed by atoms with van der Waals surface area (Å²) in [6, 6.07) is 9.64. The number of carboxylic acid groups (broad SMARTS) is 1. The minimum Gasteiger partial charge on any atom is -0.481 e. The molecule has 1 aromatic carbocycles. The van der Waals surface area contributed by atoms with Crippen molar-refractivity contribution in [1.82, 2.24) is 23.9 Å². The molecular weight excluding hydrogens is 591 g/mol. The highest BCUT2D eigenvalue weighted by molar-refractivity contribution is 7.89. The number of hydrogen-bond donors (Lipinski definition) is 1. The number of nitrogens with zero attached hydrogens (tertiary/aromatic N) is 5. The zero-order chi connectivity index (χ0) is 30.7. The molecule has 4 aromatic rings. The molecule has 15 heteroatoms. The first kappa shape index (κ1) is 29.0. The van der Waals surface area contributed by atoms with E-state index in [9.17, 15) is 31.5 Å². The number of hydrogen-bond acceptors (Lipinski definition) is 8. The predicted molar refractivity (Wildman–Crippen MR) is 144 cm³/mol. The van der Waals surface area contributed by atoms with Crippen LogP contribution in [0, 0.1) is 13.8 Å². The molecule has 3 aromatic heterocycles. The molecule has 0 aliphatic carbocycles. The Bertz CT molecular complexity index is 1860. The predicted octanol–water partition coefficient (Wildman–Crippen LogP) is 3.72. The zero-order valence-electron chi connectivity index (χ0n) is 23.0. The number of ether oxygens (including phenoxy) is 2. The summed E-state index contributed by atoms with van der Waals surface area (Å²) in [6.45, 7) is 3.73. The number of sulfonamides is 1. The first-order valence-electron chi connectivity index (χ1n) is 13.2. The molecule has 5 heterocycles. The fourth-order valence-electron chi connectivity index (χ4n) is 5.57. The minimum absolute atomic E-state index is 0.00771. The third kappa shape index (κ3) is 5.10. The molecule has 0 radical (unpaired) electrons. The second-order valence-corrected chi connectivity index (χ2v) is 12.7. The largest absolute Gasteiger partial charge is 0.481 e. The van der Waals surface area contributed by atoms with Crippen molar-refractivity contribution in [2.45, 2.75) is 49.4 Å². The number of alkyl halides is 3. The number of carboxylic acids is 1. The number of carbonyl (C=O) groups is 1. The van der Waals surface area contributed by atoms with Crippen molar-refractivity contribution in [3.63, 3.8) is 0 Å². The summed E-state index contributed by atoms with van der Waals surface area (Å²) in [5.41, 5.74) is 1.82. The van der Waals surface area contributed by atoms with Gasteiger partial charge >= 0.3 is 12.1 Å². The first-order chi connectivity index (χ1) is 20.3. The van der Waals surface area contributed by atoms with Gasteiger partial charge in [-0.1, -0.05) is 18.2 Å². The van der Waals surface area contributed by atoms with Crippen LogP contribution in [0.5, 0.6) is 5.88 Å². The standard InChI is InChI=1S/C28H26F3N5O6S/c1-16-5-6-18(21(11-23(37)38)20-7-9-36-24(17(20)2)33-34-26(36)28(29,30)31)10-19(16)12-35-13-27(14-41-15-27)42-25-22(43(35,39)40)4-3-8-32-25/h3-10,21H,11-15H2,1-2H3,(H,37,38)/t21-/m0/s1. The van der Waals surface area contributed by atoms with E-state index in [1.807, 2.05) is 6.92 Å². The SMILES string of the molecule is Cc1ccc([C@H](CC(=O)O)c2ccn3c(C(F)(F)F)nnc3c2C)cc1CN1CC2(COC2)Oc2ncccc2S1(=O)=O. The summed E-state index contributed by atoms with van der Waals surface area (Å²) >= 11 is 0. The smallest absolute Gasteiger partial charge is 0.452 e. The summed E-state index contributed by atoms with van der Waals surface area (Å²) in [6.07, 6.45) is -2.45. The van der Waals surface area contributed by atoms with E-state index in [0.29, 0.717) is 22.3 Å². The van der Waals surface area contributed by atoms with Gasteiger partial charge in [-0.2, -0.15) is 17.5 Å². The number of fused-ring (bicyclic) bond motifs is 2. The van der Waals surface area contributed by atoms with E-state index in [1.165, 1.54) is 34.9 Å². The number of aryl methyl sites for hydroxylation is 2. The van der Waals surface area contributed by atoms with Crippen LogP contribution in [0.3, 0.4) is 0 Å². The highest BCUT2D eigenvalue weighted by Gasteiger charge is 2.49. The van der Waals surface area contributed by atoms with Gasteiger partial charge in [0.2, 0.25) is 21.7 Å². The number of halogens is 3. The Hall–Kier alpha value is -4.08. The van der Waals surface area contributed by atoms with Crippen molar-refractivity contribution in [3.8, 4) is 5.88 Å². The molecule has 0 amide bonds. The van der Waals surface area contributed by atoms with Crippen LogP contribution in [0.1, 0.15) is 46.0 Å². The van der Waals surface area contributed by atoms with E-state index < -0.39 is 39.5 Å². The Labute approximate surface area is 243 Å². The molecule has 1 saturated heterocycles. The highest BCUT2D eigenvalue weighted by atomic mass is 32.2. The molecule has 6 rings (SSSR count). The lowest BCUT2D eigenvalue weighted by Gasteiger charge is -2.41. The van der Waals surface area contributed by atoms with E-state index in [4.69, 9.17) is 9.47 Å². The molecule has 43 heavy (non-hydrogen) atoms. The van der Waals surface area contributed by atoms with Crippen molar-refractivity contribution in [2.24, 2.45) is 0 Å². The van der Waals surface area contributed by atoms with E-state index in [0.717, 1.165) is 9.96 Å². The fraction of sp³-hybridized carbons (Fsp3) is 0.357. The van der Waals surface area contributed by atoms with Crippen LogP contribution < -0.4 is 4.74 Å². The van der Waals surface area contributed by atoms with Crippen molar-refractivity contribution in [2.75, 3.05) is 19.8 Å². The van der Waals surface area contributed by atoms with Crippen molar-refractivity contribution < 1.29 is 41.0 Å². The Morgan fingerprint density at radius 2 is 1.93 bits per heavy atom. The molecule has 2 aliphatic rings. The van der Waals surface area contributed by atoms with E-state index in [2.05, 4.69) is 15.2 Å². The van der Waals surface area contributed by atoms with Gasteiger partial charge in [-0.25, -0.2) is 13.4 Å². The second kappa shape index (κ2) is 10.3. The quantitative estimate of drug-likeness (QED) is 0.343. The Kier molecular flexibility index (Phi) is 6.93. The highest BCUT2D eigenvalue weighted by Crippen LogP contribution is 2.38. The van der Waals surface area contributed by atoms with Crippen LogP contribution in [-0.4, -0.2) is 68.7 Å². The summed E-state index contributed by atoms with van der Waals surface area (Å²) in [5.74, 6) is -3.06.